The van der Waals surface area contributed by atoms with E-state index < -0.39 is 11.7 Å². The molecular formula is C17H26O3. The van der Waals surface area contributed by atoms with Crippen molar-refractivity contribution < 1.29 is 14.6 Å². The van der Waals surface area contributed by atoms with E-state index in [1.807, 2.05) is 38.1 Å². The van der Waals surface area contributed by atoms with Crippen molar-refractivity contribution in [3.05, 3.63) is 29.8 Å². The highest BCUT2D eigenvalue weighted by Gasteiger charge is 2.40. The van der Waals surface area contributed by atoms with Gasteiger partial charge in [-0.2, -0.15) is 0 Å². The van der Waals surface area contributed by atoms with E-state index in [4.69, 9.17) is 9.47 Å². The van der Waals surface area contributed by atoms with Crippen LogP contribution in [0.25, 0.3) is 0 Å². The molecule has 1 aliphatic rings. The molecule has 1 fully saturated rings. The number of hydrogen-bond donors (Lipinski definition) is 1. The van der Waals surface area contributed by atoms with Crippen molar-refractivity contribution in [2.24, 2.45) is 0 Å². The molecule has 2 rings (SSSR count). The lowest BCUT2D eigenvalue weighted by Gasteiger charge is -2.41. The van der Waals surface area contributed by atoms with Gasteiger partial charge in [-0.1, -0.05) is 31.4 Å². The minimum absolute atomic E-state index is 0.419. The first-order chi connectivity index (χ1) is 9.72. The van der Waals surface area contributed by atoms with Crippen molar-refractivity contribution in [2.45, 2.75) is 57.7 Å². The van der Waals surface area contributed by atoms with E-state index in [2.05, 4.69) is 0 Å². The molecule has 0 aliphatic heterocycles. The van der Waals surface area contributed by atoms with Crippen LogP contribution in [0.3, 0.4) is 0 Å². The van der Waals surface area contributed by atoms with Gasteiger partial charge < -0.3 is 14.6 Å². The average Bonchev–Trinajstić information content (AvgIpc) is 2.48. The third-order valence-electron chi connectivity index (χ3n) is 4.11. The summed E-state index contributed by atoms with van der Waals surface area (Å²) in [7, 11) is 0. The van der Waals surface area contributed by atoms with Gasteiger partial charge in [0, 0.05) is 6.61 Å². The van der Waals surface area contributed by atoms with Crippen molar-refractivity contribution in [1.82, 2.24) is 0 Å². The Morgan fingerprint density at radius 1 is 1.15 bits per heavy atom. The summed E-state index contributed by atoms with van der Waals surface area (Å²) in [4.78, 5) is 0. The fraction of sp³-hybridized carbons (Fsp3) is 0.647. The number of benzene rings is 1. The molecule has 0 saturated heterocycles. The third-order valence-corrected chi connectivity index (χ3v) is 4.11. The summed E-state index contributed by atoms with van der Waals surface area (Å²) in [6.45, 7) is 5.24. The van der Waals surface area contributed by atoms with Crippen LogP contribution in [0.4, 0.5) is 0 Å². The number of rotatable bonds is 6. The molecule has 20 heavy (non-hydrogen) atoms. The van der Waals surface area contributed by atoms with Crippen molar-refractivity contribution in [2.75, 3.05) is 13.2 Å². The second kappa shape index (κ2) is 7.09. The summed E-state index contributed by atoms with van der Waals surface area (Å²) >= 11 is 0. The fourth-order valence-electron chi connectivity index (χ4n) is 3.18. The van der Waals surface area contributed by atoms with Gasteiger partial charge >= 0.3 is 0 Å². The van der Waals surface area contributed by atoms with Crippen LogP contribution in [-0.2, 0) is 4.74 Å². The van der Waals surface area contributed by atoms with Crippen LogP contribution in [0.5, 0.6) is 5.75 Å². The van der Waals surface area contributed by atoms with Gasteiger partial charge in [0.25, 0.3) is 0 Å². The van der Waals surface area contributed by atoms with Crippen molar-refractivity contribution in [3.63, 3.8) is 0 Å². The van der Waals surface area contributed by atoms with E-state index in [-0.39, 0.29) is 0 Å². The lowest BCUT2D eigenvalue weighted by molar-refractivity contribution is -0.141. The van der Waals surface area contributed by atoms with Crippen LogP contribution in [0.1, 0.15) is 57.6 Å². The number of ether oxygens (including phenoxy) is 2. The Hall–Kier alpha value is -1.06. The second-order valence-electron chi connectivity index (χ2n) is 5.47. The Balaban J connectivity index is 2.22. The predicted molar refractivity (Wildman–Crippen MR) is 80.0 cm³/mol. The van der Waals surface area contributed by atoms with Gasteiger partial charge in [-0.15, -0.1) is 0 Å². The smallest absolute Gasteiger partial charge is 0.119 e. The number of hydrogen-bond acceptors (Lipinski definition) is 3. The Morgan fingerprint density at radius 3 is 2.55 bits per heavy atom. The molecule has 1 unspecified atom stereocenters. The molecule has 0 radical (unpaired) electrons. The van der Waals surface area contributed by atoms with E-state index in [9.17, 15) is 5.11 Å². The second-order valence-corrected chi connectivity index (χ2v) is 5.47. The molecule has 1 N–H and O–H groups in total. The van der Waals surface area contributed by atoms with E-state index in [0.29, 0.717) is 13.2 Å². The normalized spacial score (nSPS) is 19.6. The molecule has 0 spiro atoms. The first-order valence-electron chi connectivity index (χ1n) is 7.76. The quantitative estimate of drug-likeness (QED) is 0.858. The number of aliphatic hydroxyl groups excluding tert-OH is 1. The fourth-order valence-corrected chi connectivity index (χ4v) is 3.18. The molecule has 3 nitrogen and oxygen atoms in total. The van der Waals surface area contributed by atoms with Gasteiger partial charge in [-0.3, -0.25) is 0 Å². The maximum absolute atomic E-state index is 10.8. The molecule has 1 saturated carbocycles. The first kappa shape index (κ1) is 15.3. The van der Waals surface area contributed by atoms with Crippen LogP contribution in [0.15, 0.2) is 24.3 Å². The predicted octanol–water partition coefficient (Wildman–Crippen LogP) is 3.86. The lowest BCUT2D eigenvalue weighted by Crippen LogP contribution is -2.41. The van der Waals surface area contributed by atoms with Crippen LogP contribution in [0.2, 0.25) is 0 Å². The van der Waals surface area contributed by atoms with Gasteiger partial charge in [0.2, 0.25) is 0 Å². The Morgan fingerprint density at radius 2 is 1.90 bits per heavy atom. The summed E-state index contributed by atoms with van der Waals surface area (Å²) in [5.41, 5.74) is 0.476. The molecule has 0 heterocycles. The van der Waals surface area contributed by atoms with Crippen molar-refractivity contribution >= 4 is 0 Å². The van der Waals surface area contributed by atoms with Crippen LogP contribution in [-0.4, -0.2) is 23.9 Å². The zero-order chi connectivity index (χ0) is 14.4. The Labute approximate surface area is 121 Å². The minimum atomic E-state index is -0.580. The highest BCUT2D eigenvalue weighted by atomic mass is 16.5. The minimum Gasteiger partial charge on any atom is -0.494 e. The Kier molecular flexibility index (Phi) is 5.44. The highest BCUT2D eigenvalue weighted by Crippen LogP contribution is 2.42. The van der Waals surface area contributed by atoms with Crippen LogP contribution in [0, 0.1) is 0 Å². The van der Waals surface area contributed by atoms with E-state index in [0.717, 1.165) is 37.0 Å². The van der Waals surface area contributed by atoms with E-state index >= 15 is 0 Å². The maximum Gasteiger partial charge on any atom is 0.119 e. The topological polar surface area (TPSA) is 38.7 Å². The average molecular weight is 278 g/mol. The summed E-state index contributed by atoms with van der Waals surface area (Å²) < 4.78 is 11.5. The SMILES string of the molecule is CCOc1cccc(C(O)C2(OCC)CCCCC2)c1. The molecule has 0 amide bonds. The molecule has 1 aromatic rings. The molecule has 1 aromatic carbocycles. The van der Waals surface area contributed by atoms with E-state index in [1.54, 1.807) is 0 Å². The largest absolute Gasteiger partial charge is 0.494 e. The van der Waals surface area contributed by atoms with E-state index in [1.165, 1.54) is 6.42 Å². The zero-order valence-electron chi connectivity index (χ0n) is 12.6. The number of aliphatic hydroxyl groups is 1. The molecule has 0 bridgehead atoms. The van der Waals surface area contributed by atoms with Gasteiger partial charge in [-0.05, 0) is 44.4 Å². The van der Waals surface area contributed by atoms with Gasteiger partial charge in [-0.25, -0.2) is 0 Å². The molecular weight excluding hydrogens is 252 g/mol. The monoisotopic (exact) mass is 278 g/mol. The third kappa shape index (κ3) is 3.33. The van der Waals surface area contributed by atoms with Crippen LogP contribution < -0.4 is 4.74 Å². The van der Waals surface area contributed by atoms with Crippen molar-refractivity contribution in [3.8, 4) is 5.75 Å². The Bertz CT molecular complexity index is 405. The molecule has 3 heteroatoms. The molecule has 1 aliphatic carbocycles. The van der Waals surface area contributed by atoms with Gasteiger partial charge in [0.15, 0.2) is 0 Å². The van der Waals surface area contributed by atoms with Gasteiger partial charge in [0.05, 0.1) is 12.2 Å². The summed E-state index contributed by atoms with van der Waals surface area (Å²) in [6, 6.07) is 7.76. The molecule has 0 aromatic heterocycles. The van der Waals surface area contributed by atoms with Gasteiger partial charge in [0.1, 0.15) is 11.9 Å². The standard InChI is InChI=1S/C17H26O3/c1-3-19-15-10-8-9-14(13-15)16(18)17(20-4-2)11-6-5-7-12-17/h8-10,13,16,18H,3-7,11-12H2,1-2H3. The van der Waals surface area contributed by atoms with Crippen LogP contribution >= 0.6 is 0 Å². The first-order valence-corrected chi connectivity index (χ1v) is 7.76. The maximum atomic E-state index is 10.8. The zero-order valence-corrected chi connectivity index (χ0v) is 12.6. The summed E-state index contributed by atoms with van der Waals surface area (Å²) in [5.74, 6) is 0.812. The molecule has 1 atom stereocenters. The van der Waals surface area contributed by atoms with Crippen molar-refractivity contribution in [1.29, 1.82) is 0 Å². The summed E-state index contributed by atoms with van der Waals surface area (Å²) in [5, 5.41) is 10.8. The molecule has 112 valence electrons. The lowest BCUT2D eigenvalue weighted by atomic mass is 9.78. The highest BCUT2D eigenvalue weighted by molar-refractivity contribution is 5.31. The summed E-state index contributed by atoms with van der Waals surface area (Å²) in [6.07, 6.45) is 4.77.